The fourth-order valence-electron chi connectivity index (χ4n) is 4.15. The van der Waals surface area contributed by atoms with Gasteiger partial charge in [0.15, 0.2) is 6.61 Å². The highest BCUT2D eigenvalue weighted by molar-refractivity contribution is 5.88. The lowest BCUT2D eigenvalue weighted by atomic mass is 10.0. The number of ether oxygens (including phenoxy) is 1. The molecule has 0 aliphatic heterocycles. The average molecular weight is 487 g/mol. The van der Waals surface area contributed by atoms with Crippen molar-refractivity contribution in [1.29, 1.82) is 0 Å². The standard InChI is InChI=1S/C31H38N2O3/c1-5-6-17-32-31(35)28(20-26-12-8-7-9-13-26)33(21-27-14-10-11-23(2)18-27)30(34)22-36-29-19-24(3)15-16-25(29)4/h7-16,18-19,28H,5-6,17,20-22H2,1-4H3,(H,32,35)/t28-/m0/s1. The predicted octanol–water partition coefficient (Wildman–Crippen LogP) is 5.55. The van der Waals surface area contributed by atoms with E-state index in [2.05, 4.69) is 18.3 Å². The van der Waals surface area contributed by atoms with Gasteiger partial charge in [0.25, 0.3) is 5.91 Å². The molecule has 5 nitrogen and oxygen atoms in total. The van der Waals surface area contributed by atoms with E-state index in [-0.39, 0.29) is 18.4 Å². The zero-order valence-electron chi connectivity index (χ0n) is 21.9. The van der Waals surface area contributed by atoms with Gasteiger partial charge in [-0.25, -0.2) is 0 Å². The Morgan fingerprint density at radius 3 is 2.33 bits per heavy atom. The molecule has 3 aromatic carbocycles. The summed E-state index contributed by atoms with van der Waals surface area (Å²) in [4.78, 5) is 28.8. The third kappa shape index (κ3) is 7.98. The SMILES string of the molecule is CCCCNC(=O)[C@H](Cc1ccccc1)N(Cc1cccc(C)c1)C(=O)COc1cc(C)ccc1C. The molecule has 0 saturated carbocycles. The van der Waals surface area contributed by atoms with Gasteiger partial charge in [0, 0.05) is 19.5 Å². The number of hydrogen-bond acceptors (Lipinski definition) is 3. The van der Waals surface area contributed by atoms with Gasteiger partial charge in [0.2, 0.25) is 5.91 Å². The Morgan fingerprint density at radius 2 is 1.61 bits per heavy atom. The maximum atomic E-state index is 13.7. The molecule has 1 atom stereocenters. The van der Waals surface area contributed by atoms with Crippen molar-refractivity contribution >= 4 is 11.8 Å². The first-order chi connectivity index (χ1) is 17.4. The minimum absolute atomic E-state index is 0.135. The first kappa shape index (κ1) is 27.0. The molecule has 0 spiro atoms. The van der Waals surface area contributed by atoms with E-state index in [0.29, 0.717) is 25.3 Å². The number of nitrogens with one attached hydrogen (secondary N) is 1. The minimum Gasteiger partial charge on any atom is -0.483 e. The molecule has 0 saturated heterocycles. The maximum absolute atomic E-state index is 13.7. The summed E-state index contributed by atoms with van der Waals surface area (Å²) in [5.74, 6) is 0.329. The van der Waals surface area contributed by atoms with Gasteiger partial charge < -0.3 is 15.0 Å². The molecule has 0 radical (unpaired) electrons. The van der Waals surface area contributed by atoms with Crippen molar-refractivity contribution in [1.82, 2.24) is 10.2 Å². The summed E-state index contributed by atoms with van der Waals surface area (Å²) in [6.07, 6.45) is 2.31. The van der Waals surface area contributed by atoms with E-state index in [4.69, 9.17) is 4.74 Å². The minimum atomic E-state index is -0.653. The Bertz CT molecular complexity index is 1140. The fraction of sp³-hybridized carbons (Fsp3) is 0.355. The summed E-state index contributed by atoms with van der Waals surface area (Å²) in [6.45, 7) is 8.85. The summed E-state index contributed by atoms with van der Waals surface area (Å²) in [5.41, 5.74) is 5.13. The molecule has 3 rings (SSSR count). The molecular weight excluding hydrogens is 448 g/mol. The van der Waals surface area contributed by atoms with Gasteiger partial charge in [-0.05, 0) is 55.5 Å². The zero-order valence-corrected chi connectivity index (χ0v) is 21.9. The lowest BCUT2D eigenvalue weighted by Gasteiger charge is -2.31. The molecule has 3 aromatic rings. The molecule has 0 bridgehead atoms. The molecule has 190 valence electrons. The van der Waals surface area contributed by atoms with Crippen molar-refractivity contribution in [3.63, 3.8) is 0 Å². The number of carbonyl (C=O) groups excluding carboxylic acids is 2. The maximum Gasteiger partial charge on any atom is 0.261 e. The van der Waals surface area contributed by atoms with Crippen LogP contribution in [0.25, 0.3) is 0 Å². The lowest BCUT2D eigenvalue weighted by molar-refractivity contribution is -0.142. The van der Waals surface area contributed by atoms with E-state index >= 15 is 0 Å². The van der Waals surface area contributed by atoms with E-state index < -0.39 is 6.04 Å². The summed E-state index contributed by atoms with van der Waals surface area (Å²) in [6, 6.07) is 23.2. The number of rotatable bonds is 12. The van der Waals surface area contributed by atoms with Crippen molar-refractivity contribution in [3.8, 4) is 5.75 Å². The van der Waals surface area contributed by atoms with Gasteiger partial charge in [-0.2, -0.15) is 0 Å². The molecule has 0 unspecified atom stereocenters. The topological polar surface area (TPSA) is 58.6 Å². The Morgan fingerprint density at radius 1 is 0.889 bits per heavy atom. The number of carbonyl (C=O) groups is 2. The molecule has 0 aromatic heterocycles. The van der Waals surface area contributed by atoms with E-state index in [0.717, 1.165) is 40.7 Å². The van der Waals surface area contributed by atoms with Crippen molar-refractivity contribution < 1.29 is 14.3 Å². The fourth-order valence-corrected chi connectivity index (χ4v) is 4.15. The second-order valence-electron chi connectivity index (χ2n) is 9.42. The number of hydrogen-bond donors (Lipinski definition) is 1. The van der Waals surface area contributed by atoms with Crippen LogP contribution in [0.2, 0.25) is 0 Å². The Balaban J connectivity index is 1.90. The first-order valence-corrected chi connectivity index (χ1v) is 12.7. The van der Waals surface area contributed by atoms with Crippen molar-refractivity contribution in [3.05, 3.63) is 101 Å². The molecule has 1 N–H and O–H groups in total. The molecular formula is C31H38N2O3. The van der Waals surface area contributed by atoms with Crippen LogP contribution in [-0.2, 0) is 22.6 Å². The van der Waals surface area contributed by atoms with Gasteiger partial charge in [0.1, 0.15) is 11.8 Å². The van der Waals surface area contributed by atoms with Crippen LogP contribution in [0.5, 0.6) is 5.75 Å². The zero-order chi connectivity index (χ0) is 25.9. The van der Waals surface area contributed by atoms with Crippen LogP contribution in [0, 0.1) is 20.8 Å². The van der Waals surface area contributed by atoms with Gasteiger partial charge in [-0.1, -0.05) is 85.6 Å². The largest absolute Gasteiger partial charge is 0.483 e. The third-order valence-electron chi connectivity index (χ3n) is 6.23. The highest BCUT2D eigenvalue weighted by atomic mass is 16.5. The van der Waals surface area contributed by atoms with Crippen LogP contribution in [0.4, 0.5) is 0 Å². The monoisotopic (exact) mass is 486 g/mol. The second kappa shape index (κ2) is 13.5. The number of benzene rings is 3. The Labute approximate surface area is 215 Å². The molecule has 0 fully saturated rings. The van der Waals surface area contributed by atoms with Crippen LogP contribution < -0.4 is 10.1 Å². The highest BCUT2D eigenvalue weighted by Crippen LogP contribution is 2.20. The normalized spacial score (nSPS) is 11.6. The van der Waals surface area contributed by atoms with E-state index in [1.54, 1.807) is 4.90 Å². The summed E-state index contributed by atoms with van der Waals surface area (Å²) < 4.78 is 5.98. The van der Waals surface area contributed by atoms with Crippen molar-refractivity contribution in [2.45, 2.75) is 59.5 Å². The lowest BCUT2D eigenvalue weighted by Crippen LogP contribution is -2.51. The summed E-state index contributed by atoms with van der Waals surface area (Å²) in [5, 5.41) is 3.05. The Kier molecular flexibility index (Phi) is 10.1. The van der Waals surface area contributed by atoms with Crippen LogP contribution in [-0.4, -0.2) is 35.9 Å². The quantitative estimate of drug-likeness (QED) is 0.342. The Hall–Kier alpha value is -3.60. The average Bonchev–Trinajstić information content (AvgIpc) is 2.87. The number of amides is 2. The second-order valence-corrected chi connectivity index (χ2v) is 9.42. The molecule has 36 heavy (non-hydrogen) atoms. The smallest absolute Gasteiger partial charge is 0.261 e. The number of nitrogens with zero attached hydrogens (tertiary/aromatic N) is 1. The molecule has 0 heterocycles. The third-order valence-corrected chi connectivity index (χ3v) is 6.23. The number of unbranched alkanes of at least 4 members (excludes halogenated alkanes) is 1. The predicted molar refractivity (Wildman–Crippen MR) is 145 cm³/mol. The van der Waals surface area contributed by atoms with Crippen molar-refractivity contribution in [2.75, 3.05) is 13.2 Å². The van der Waals surface area contributed by atoms with Gasteiger partial charge in [-0.15, -0.1) is 0 Å². The van der Waals surface area contributed by atoms with Crippen molar-refractivity contribution in [2.24, 2.45) is 0 Å². The molecule has 5 heteroatoms. The molecule has 0 aliphatic rings. The van der Waals surface area contributed by atoms with Gasteiger partial charge >= 0.3 is 0 Å². The van der Waals surface area contributed by atoms with E-state index in [1.807, 2.05) is 87.5 Å². The van der Waals surface area contributed by atoms with Gasteiger partial charge in [0.05, 0.1) is 0 Å². The van der Waals surface area contributed by atoms with E-state index in [1.165, 1.54) is 0 Å². The summed E-state index contributed by atoms with van der Waals surface area (Å²) in [7, 11) is 0. The first-order valence-electron chi connectivity index (χ1n) is 12.7. The van der Waals surface area contributed by atoms with Gasteiger partial charge in [-0.3, -0.25) is 9.59 Å². The number of aryl methyl sites for hydroxylation is 3. The summed E-state index contributed by atoms with van der Waals surface area (Å²) >= 11 is 0. The van der Waals surface area contributed by atoms with Crippen LogP contribution >= 0.6 is 0 Å². The van der Waals surface area contributed by atoms with Crippen LogP contribution in [0.3, 0.4) is 0 Å². The molecule has 0 aliphatic carbocycles. The highest BCUT2D eigenvalue weighted by Gasteiger charge is 2.30. The van der Waals surface area contributed by atoms with Crippen LogP contribution in [0.1, 0.15) is 47.6 Å². The van der Waals surface area contributed by atoms with Crippen LogP contribution in [0.15, 0.2) is 72.8 Å². The molecule has 2 amide bonds. The van der Waals surface area contributed by atoms with E-state index in [9.17, 15) is 9.59 Å².